The van der Waals surface area contributed by atoms with E-state index in [9.17, 15) is 0 Å². The quantitative estimate of drug-likeness (QED) is 0.227. The van der Waals surface area contributed by atoms with Crippen LogP contribution in [0.5, 0.6) is 0 Å². The van der Waals surface area contributed by atoms with E-state index in [-0.39, 0.29) is 112 Å². The van der Waals surface area contributed by atoms with E-state index < -0.39 is 0 Å². The summed E-state index contributed by atoms with van der Waals surface area (Å²) in [6, 6.07) is 0. The number of nitrogens with zero attached hydrogens (tertiary/aromatic N) is 1. The number of hydrogen-bond acceptors (Lipinski definition) is 3. The van der Waals surface area contributed by atoms with Gasteiger partial charge in [-0.25, -0.2) is 0 Å². The molecule has 9 heavy (non-hydrogen) atoms. The Hall–Kier alpha value is 3.40. The van der Waals surface area contributed by atoms with Crippen LogP contribution in [0.2, 0.25) is 0 Å². The zero-order valence-corrected chi connectivity index (χ0v) is 14.1. The first kappa shape index (κ1) is 14.9. The number of H-pyrrole nitrogens is 1. The average molecular weight is 229 g/mol. The van der Waals surface area contributed by atoms with Crippen LogP contribution in [0.25, 0.3) is 0 Å². The van der Waals surface area contributed by atoms with E-state index >= 15 is 0 Å². The van der Waals surface area contributed by atoms with Crippen molar-refractivity contribution in [3.05, 3.63) is 10.0 Å². The van der Waals surface area contributed by atoms with Gasteiger partial charge in [-0.2, -0.15) is 9.59 Å². The largest absolute Gasteiger partial charge is 0.332 e. The zero-order valence-electron chi connectivity index (χ0n) is 5.29. The molecule has 40 valence electrons. The van der Waals surface area contributed by atoms with Gasteiger partial charge >= 0.3 is 3.82 Å². The van der Waals surface area contributed by atoms with Gasteiger partial charge in [0, 0.05) is 114 Å². The fourth-order valence-electron chi connectivity index (χ4n) is 0.224. The van der Waals surface area contributed by atoms with E-state index in [0.29, 0.717) is 0 Å². The molecule has 0 spiro atoms. The topological polar surface area (TPSA) is 28.7 Å². The molecule has 0 saturated carbocycles. The molecular formula is C2H3K2N2S3+. The summed E-state index contributed by atoms with van der Waals surface area (Å²) < 4.78 is 3.47. The molecule has 1 heterocycles. The standard InChI is InChI=1S/C2H2N2S3.2K/c5-2-1-3-4-7(2)6;;/h1,6H;;/p+1. The molecule has 7 heteroatoms. The van der Waals surface area contributed by atoms with Crippen molar-refractivity contribution < 1.29 is 0 Å². The van der Waals surface area contributed by atoms with Crippen molar-refractivity contribution in [1.29, 1.82) is 0 Å². The van der Waals surface area contributed by atoms with E-state index in [1.54, 1.807) is 6.20 Å². The van der Waals surface area contributed by atoms with Crippen molar-refractivity contribution in [3.8, 4) is 0 Å². The molecule has 1 rings (SSSR count). The number of nitrogens with one attached hydrogen (secondary N) is 1. The first-order valence-corrected chi connectivity index (χ1v) is 4.25. The monoisotopic (exact) mass is 229 g/mol. The maximum atomic E-state index is 4.77. The molecule has 1 aromatic heterocycles. The molecule has 1 N–H and O–H groups in total. The third-order valence-electron chi connectivity index (χ3n) is 0.500. The summed E-state index contributed by atoms with van der Waals surface area (Å²) in [5.41, 5.74) is 0. The van der Waals surface area contributed by atoms with E-state index in [0.717, 1.165) is 3.82 Å². The summed E-state index contributed by atoms with van der Waals surface area (Å²) in [4.78, 5) is 0. The number of thiol groups is 1. The van der Waals surface area contributed by atoms with Crippen molar-refractivity contribution in [2.24, 2.45) is 0 Å². The average Bonchev–Trinajstić information content (AvgIpc) is 1.91. The molecule has 2 nitrogen and oxygen atoms in total. The van der Waals surface area contributed by atoms with Crippen LogP contribution in [0.4, 0.5) is 0 Å². The van der Waals surface area contributed by atoms with Crippen molar-refractivity contribution in [3.63, 3.8) is 0 Å². The second-order valence-electron chi connectivity index (χ2n) is 0.953. The van der Waals surface area contributed by atoms with Crippen LogP contribution < -0.4 is 0 Å². The molecule has 0 fully saturated rings. The third-order valence-corrected chi connectivity index (χ3v) is 3.08. The van der Waals surface area contributed by atoms with Crippen molar-refractivity contribution >= 4 is 136 Å². The Labute approximate surface area is 151 Å². The Balaban J connectivity index is 0. The minimum Gasteiger partial charge on any atom is -0.162 e. The van der Waals surface area contributed by atoms with Crippen molar-refractivity contribution in [1.82, 2.24) is 9.59 Å². The van der Waals surface area contributed by atoms with Gasteiger partial charge in [0.2, 0.25) is 0 Å². The summed E-state index contributed by atoms with van der Waals surface area (Å²) in [6.45, 7) is 0. The van der Waals surface area contributed by atoms with Gasteiger partial charge in [-0.1, -0.05) is 0 Å². The molecule has 0 aliphatic carbocycles. The normalized spacial score (nSPS) is 9.22. The zero-order chi connectivity index (χ0) is 5.28. The summed E-state index contributed by atoms with van der Waals surface area (Å²) in [7, 11) is -0.264. The number of hydrogen-bond donors (Lipinski definition) is 2. The Bertz CT molecular complexity index is 206. The predicted molar refractivity (Wildman–Crippen MR) is 47.8 cm³/mol. The second kappa shape index (κ2) is 8.02. The van der Waals surface area contributed by atoms with Crippen LogP contribution in [-0.2, 0) is 0 Å². The molecule has 0 aromatic carbocycles. The summed E-state index contributed by atoms with van der Waals surface area (Å²) in [6.07, 6.45) is 1.60. The van der Waals surface area contributed by atoms with E-state index in [4.69, 9.17) is 12.2 Å². The maximum absolute atomic E-state index is 4.77. The van der Waals surface area contributed by atoms with Crippen LogP contribution in [0, 0.1) is 3.82 Å². The third kappa shape index (κ3) is 5.61. The molecule has 1 atom stereocenters. The molecular weight excluding hydrogens is 226 g/mol. The van der Waals surface area contributed by atoms with Gasteiger partial charge in [-0.05, 0) is 0 Å². The first-order chi connectivity index (χ1) is 3.30. The van der Waals surface area contributed by atoms with Crippen molar-refractivity contribution in [2.45, 2.75) is 0 Å². The summed E-state index contributed by atoms with van der Waals surface area (Å²) in [5.74, 6) is 0. The fraction of sp³-hybridized carbons (Fsp3) is 0. The van der Waals surface area contributed by atoms with Gasteiger partial charge in [-0.15, -0.1) is 0 Å². The summed E-state index contributed by atoms with van der Waals surface area (Å²) in [5, 5.41) is 3.67. The van der Waals surface area contributed by atoms with Crippen LogP contribution >= 0.6 is 33.6 Å². The van der Waals surface area contributed by atoms with Gasteiger partial charge in [0.25, 0.3) is 12.2 Å². The second-order valence-corrected chi connectivity index (χ2v) is 3.94. The molecule has 0 amide bonds. The van der Waals surface area contributed by atoms with Crippen LogP contribution in [0.1, 0.15) is 0 Å². The fourth-order valence-corrected chi connectivity index (χ4v) is 1.07. The Morgan fingerprint density at radius 3 is 2.33 bits per heavy atom. The Morgan fingerprint density at radius 2 is 2.22 bits per heavy atom. The minimum atomic E-state index is -0.264. The SMILES string of the molecule is S=c1cn[nH][s+]1S.[K].[K]. The molecule has 1 unspecified atom stereocenters. The van der Waals surface area contributed by atoms with Gasteiger partial charge in [-0.3, -0.25) is 0 Å². The Morgan fingerprint density at radius 1 is 1.67 bits per heavy atom. The molecule has 1 aromatic rings. The smallest absolute Gasteiger partial charge is 0.162 e. The van der Waals surface area contributed by atoms with Gasteiger partial charge in [0.1, 0.15) is 6.20 Å². The predicted octanol–water partition coefficient (Wildman–Crippen LogP) is 0.820. The number of aromatic nitrogens is 2. The van der Waals surface area contributed by atoms with Gasteiger partial charge in [0.05, 0.1) is 9.70 Å². The van der Waals surface area contributed by atoms with Gasteiger partial charge in [0.15, 0.2) is 0 Å². The van der Waals surface area contributed by atoms with E-state index in [1.807, 2.05) is 0 Å². The maximum Gasteiger partial charge on any atom is 0.332 e. The number of aromatic amines is 1. The van der Waals surface area contributed by atoms with Crippen molar-refractivity contribution in [2.75, 3.05) is 0 Å². The molecule has 0 saturated heterocycles. The van der Waals surface area contributed by atoms with E-state index in [2.05, 4.69) is 21.2 Å². The van der Waals surface area contributed by atoms with Crippen LogP contribution in [0.3, 0.4) is 0 Å². The number of rotatable bonds is 0. The molecule has 0 bridgehead atoms. The van der Waals surface area contributed by atoms with Gasteiger partial charge < -0.3 is 0 Å². The minimum absolute atomic E-state index is 0. The molecule has 2 radical (unpaired) electrons. The summed E-state index contributed by atoms with van der Waals surface area (Å²) >= 11 is 8.80. The molecule has 0 aliphatic heterocycles. The van der Waals surface area contributed by atoms with Crippen LogP contribution in [0.15, 0.2) is 6.20 Å². The first-order valence-electron chi connectivity index (χ1n) is 1.57. The van der Waals surface area contributed by atoms with E-state index in [1.165, 1.54) is 0 Å². The Kier molecular flexibility index (Phi) is 13.3. The molecule has 0 aliphatic rings. The van der Waals surface area contributed by atoms with Crippen LogP contribution in [-0.4, -0.2) is 112 Å².